The van der Waals surface area contributed by atoms with E-state index in [0.29, 0.717) is 6.42 Å². The third-order valence-corrected chi connectivity index (χ3v) is 6.15. The molecule has 0 bridgehead atoms. The van der Waals surface area contributed by atoms with Gasteiger partial charge >= 0.3 is 0 Å². The molecule has 5 heteroatoms. The van der Waals surface area contributed by atoms with Gasteiger partial charge in [-0.3, -0.25) is 0 Å². The minimum absolute atomic E-state index is 0.102. The number of nitrogens with zero attached hydrogens (tertiary/aromatic N) is 2. The van der Waals surface area contributed by atoms with Gasteiger partial charge in [-0.25, -0.2) is 0 Å². The van der Waals surface area contributed by atoms with Gasteiger partial charge in [0.2, 0.25) is 0 Å². The third-order valence-electron chi connectivity index (χ3n) is 5.66. The molecule has 0 saturated carbocycles. The van der Waals surface area contributed by atoms with Crippen LogP contribution in [0.25, 0.3) is 10.9 Å². The van der Waals surface area contributed by atoms with Gasteiger partial charge < -0.3 is 15.2 Å². The Balaban J connectivity index is 1.59. The van der Waals surface area contributed by atoms with Crippen molar-refractivity contribution in [2.75, 3.05) is 26.2 Å². The molecule has 4 rings (SSSR count). The first-order valence-electron chi connectivity index (χ1n) is 8.87. The number of H-pyrrole nitrogens is 1. The van der Waals surface area contributed by atoms with Crippen molar-refractivity contribution in [3.05, 3.63) is 33.9 Å². The van der Waals surface area contributed by atoms with Gasteiger partial charge in [0, 0.05) is 47.1 Å². The maximum Gasteiger partial charge on any atom is 0.0622 e. The fraction of sp³-hybridized carbons (Fsp3) is 0.526. The maximum atomic E-state index is 8.71. The highest BCUT2D eigenvalue weighted by Gasteiger charge is 2.41. The minimum atomic E-state index is 0.102. The molecule has 126 valence electrons. The number of piperidine rings is 1. The minimum Gasteiger partial charge on any atom is -0.357 e. The normalized spacial score (nSPS) is 20.2. The number of likely N-dealkylation sites (tertiary alicyclic amines) is 1. The Morgan fingerprint density at radius 1 is 1.29 bits per heavy atom. The lowest BCUT2D eigenvalue weighted by molar-refractivity contribution is 0.126. The van der Waals surface area contributed by atoms with Crippen LogP contribution in [-0.2, 0) is 12.0 Å². The highest BCUT2D eigenvalue weighted by Crippen LogP contribution is 2.40. The summed E-state index contributed by atoms with van der Waals surface area (Å²) in [5, 5.41) is 13.9. The lowest BCUT2D eigenvalue weighted by Gasteiger charge is -2.45. The number of unbranched alkanes of at least 4 members (excludes halogenated alkanes) is 1. The summed E-state index contributed by atoms with van der Waals surface area (Å²) in [5.74, 6) is 0. The molecule has 0 amide bonds. The summed E-state index contributed by atoms with van der Waals surface area (Å²) in [4.78, 5) is 6.24. The Morgan fingerprint density at radius 3 is 2.92 bits per heavy atom. The third kappa shape index (κ3) is 2.77. The van der Waals surface area contributed by atoms with Gasteiger partial charge in [0.1, 0.15) is 0 Å². The molecule has 0 aliphatic carbocycles. The molecule has 0 atom stereocenters. The molecule has 2 N–H and O–H groups in total. The van der Waals surface area contributed by atoms with Crippen molar-refractivity contribution in [2.24, 2.45) is 0 Å². The number of hydrogen-bond donors (Lipinski definition) is 2. The van der Waals surface area contributed by atoms with Gasteiger partial charge in [-0.15, -0.1) is 0 Å². The van der Waals surface area contributed by atoms with Crippen molar-refractivity contribution in [3.8, 4) is 6.07 Å². The zero-order chi connectivity index (χ0) is 16.6. The summed E-state index contributed by atoms with van der Waals surface area (Å²) >= 11 is 3.61. The van der Waals surface area contributed by atoms with Crippen LogP contribution in [-0.4, -0.2) is 36.1 Å². The largest absolute Gasteiger partial charge is 0.357 e. The lowest BCUT2D eigenvalue weighted by Crippen LogP contribution is -2.54. The number of hydrogen-bond acceptors (Lipinski definition) is 3. The van der Waals surface area contributed by atoms with Crippen molar-refractivity contribution in [2.45, 2.75) is 37.6 Å². The molecule has 4 nitrogen and oxygen atoms in total. The van der Waals surface area contributed by atoms with Crippen LogP contribution in [0.5, 0.6) is 0 Å². The quantitative estimate of drug-likeness (QED) is 0.791. The predicted molar refractivity (Wildman–Crippen MR) is 99.9 cm³/mol. The van der Waals surface area contributed by atoms with Crippen LogP contribution in [0.15, 0.2) is 22.7 Å². The van der Waals surface area contributed by atoms with Crippen molar-refractivity contribution < 1.29 is 0 Å². The molecule has 1 aromatic carbocycles. The molecule has 1 spiro atoms. The summed E-state index contributed by atoms with van der Waals surface area (Å²) in [6.45, 7) is 4.32. The number of aromatic amines is 1. The van der Waals surface area contributed by atoms with E-state index in [2.05, 4.69) is 55.4 Å². The number of fused-ring (bicyclic) bond motifs is 4. The number of nitrogens with one attached hydrogen (secondary N) is 2. The second kappa shape index (κ2) is 6.51. The molecule has 2 aromatic rings. The standard InChI is InChI=1S/C19H23BrN4/c20-14-3-4-17-16(13-14)15-5-9-22-19(18(15)23-17)6-11-24(12-7-19)10-2-1-8-21/h3-4,13,22-23H,1-2,5-7,9-12H2. The van der Waals surface area contributed by atoms with Crippen LogP contribution in [0.4, 0.5) is 0 Å². The first kappa shape index (κ1) is 16.1. The highest BCUT2D eigenvalue weighted by atomic mass is 79.9. The first-order valence-corrected chi connectivity index (χ1v) is 9.66. The Bertz CT molecular complexity index is 780. The second-order valence-corrected chi connectivity index (χ2v) is 7.95. The van der Waals surface area contributed by atoms with Gasteiger partial charge in [-0.1, -0.05) is 15.9 Å². The van der Waals surface area contributed by atoms with Crippen LogP contribution in [0.3, 0.4) is 0 Å². The van der Waals surface area contributed by atoms with Crippen LogP contribution in [0, 0.1) is 11.3 Å². The second-order valence-electron chi connectivity index (χ2n) is 7.03. The number of benzene rings is 1. The van der Waals surface area contributed by atoms with Crippen LogP contribution in [0.1, 0.15) is 36.9 Å². The van der Waals surface area contributed by atoms with Crippen molar-refractivity contribution >= 4 is 26.8 Å². The Morgan fingerprint density at radius 2 is 2.12 bits per heavy atom. The van der Waals surface area contributed by atoms with E-state index in [1.165, 1.54) is 22.2 Å². The Kier molecular flexibility index (Phi) is 4.38. The lowest BCUT2D eigenvalue weighted by atomic mass is 9.79. The zero-order valence-electron chi connectivity index (χ0n) is 13.9. The summed E-state index contributed by atoms with van der Waals surface area (Å²) < 4.78 is 1.15. The Hall–Kier alpha value is -1.35. The first-order chi connectivity index (χ1) is 11.7. The van der Waals surface area contributed by atoms with Gasteiger partial charge in [0.15, 0.2) is 0 Å². The zero-order valence-corrected chi connectivity index (χ0v) is 15.5. The van der Waals surface area contributed by atoms with Crippen molar-refractivity contribution in [1.29, 1.82) is 5.26 Å². The summed E-state index contributed by atoms with van der Waals surface area (Å²) in [5.41, 5.74) is 4.27. The summed E-state index contributed by atoms with van der Waals surface area (Å²) in [6, 6.07) is 8.80. The number of rotatable bonds is 3. The van der Waals surface area contributed by atoms with E-state index in [-0.39, 0.29) is 5.54 Å². The molecular weight excluding hydrogens is 364 g/mol. The SMILES string of the molecule is N#CCCCN1CCC2(CC1)NCCc1c2[nH]c2ccc(Br)cc12. The maximum absolute atomic E-state index is 8.71. The van der Waals surface area contributed by atoms with E-state index < -0.39 is 0 Å². The molecule has 0 radical (unpaired) electrons. The topological polar surface area (TPSA) is 54.9 Å². The molecule has 2 aliphatic heterocycles. The van der Waals surface area contributed by atoms with E-state index in [1.54, 1.807) is 0 Å². The molecule has 1 saturated heterocycles. The number of nitriles is 1. The Labute approximate surface area is 151 Å². The van der Waals surface area contributed by atoms with Crippen LogP contribution < -0.4 is 5.32 Å². The molecule has 3 heterocycles. The van der Waals surface area contributed by atoms with Gasteiger partial charge in [-0.2, -0.15) is 5.26 Å². The fourth-order valence-electron chi connectivity index (χ4n) is 4.37. The molecule has 24 heavy (non-hydrogen) atoms. The molecule has 1 fully saturated rings. The molecular formula is C19H23BrN4. The average molecular weight is 387 g/mol. The van der Waals surface area contributed by atoms with Crippen molar-refractivity contribution in [3.63, 3.8) is 0 Å². The highest BCUT2D eigenvalue weighted by molar-refractivity contribution is 9.10. The summed E-state index contributed by atoms with van der Waals surface area (Å²) in [7, 11) is 0. The van der Waals surface area contributed by atoms with E-state index in [1.807, 2.05) is 0 Å². The van der Waals surface area contributed by atoms with Crippen molar-refractivity contribution in [1.82, 2.24) is 15.2 Å². The summed E-state index contributed by atoms with van der Waals surface area (Å²) in [6.07, 6.45) is 5.03. The van der Waals surface area contributed by atoms with Crippen LogP contribution in [0.2, 0.25) is 0 Å². The van der Waals surface area contributed by atoms with E-state index >= 15 is 0 Å². The molecule has 0 unspecified atom stereocenters. The van der Waals surface area contributed by atoms with E-state index in [9.17, 15) is 0 Å². The number of halogens is 1. The van der Waals surface area contributed by atoms with E-state index in [0.717, 1.165) is 56.3 Å². The monoisotopic (exact) mass is 386 g/mol. The predicted octanol–water partition coefficient (Wildman–Crippen LogP) is 3.67. The van der Waals surface area contributed by atoms with Gasteiger partial charge in [0.25, 0.3) is 0 Å². The van der Waals surface area contributed by atoms with Crippen LogP contribution >= 0.6 is 15.9 Å². The number of aromatic nitrogens is 1. The smallest absolute Gasteiger partial charge is 0.0622 e. The average Bonchev–Trinajstić information content (AvgIpc) is 2.97. The molecule has 2 aliphatic rings. The fourth-order valence-corrected chi connectivity index (χ4v) is 4.73. The van der Waals surface area contributed by atoms with Gasteiger partial charge in [-0.05, 0) is 56.0 Å². The van der Waals surface area contributed by atoms with Gasteiger partial charge in [0.05, 0.1) is 11.6 Å². The molecule has 1 aromatic heterocycles. The van der Waals surface area contributed by atoms with E-state index in [4.69, 9.17) is 5.26 Å².